The summed E-state index contributed by atoms with van der Waals surface area (Å²) in [5, 5.41) is 5.11. The zero-order chi connectivity index (χ0) is 15.5. The van der Waals surface area contributed by atoms with E-state index in [4.69, 9.17) is 40.2 Å². The van der Waals surface area contributed by atoms with Crippen molar-refractivity contribution >= 4 is 46.2 Å². The van der Waals surface area contributed by atoms with Crippen LogP contribution in [0.5, 0.6) is 0 Å². The van der Waals surface area contributed by atoms with Gasteiger partial charge in [-0.15, -0.1) is 0 Å². The first-order valence-electron chi connectivity index (χ1n) is 6.84. The lowest BCUT2D eigenvalue weighted by molar-refractivity contribution is 0.0643. The van der Waals surface area contributed by atoms with Crippen molar-refractivity contribution in [3.05, 3.63) is 64.1 Å². The zero-order valence-corrected chi connectivity index (χ0v) is 14.0. The summed E-state index contributed by atoms with van der Waals surface area (Å²) in [6, 6.07) is 15.1. The van der Waals surface area contributed by atoms with Crippen LogP contribution in [0, 0.1) is 0 Å². The molecule has 1 saturated heterocycles. The molecular weight excluding hydrogens is 339 g/mol. The molecule has 0 aliphatic carbocycles. The van der Waals surface area contributed by atoms with Crippen LogP contribution in [-0.2, 0) is 4.74 Å². The quantitative estimate of drug-likeness (QED) is 0.790. The van der Waals surface area contributed by atoms with Crippen LogP contribution in [0.2, 0.25) is 10.0 Å². The Morgan fingerprint density at radius 1 is 1.18 bits per heavy atom. The number of nitrogens with zero attached hydrogens (tertiary/aromatic N) is 1. The van der Waals surface area contributed by atoms with Crippen molar-refractivity contribution in [3.63, 3.8) is 0 Å². The maximum atomic E-state index is 6.27. The molecule has 0 bridgehead atoms. The van der Waals surface area contributed by atoms with E-state index < -0.39 is 0 Å². The summed E-state index contributed by atoms with van der Waals surface area (Å²) >= 11 is 17.8. The van der Waals surface area contributed by atoms with Crippen LogP contribution in [0.1, 0.15) is 11.8 Å². The van der Waals surface area contributed by atoms with E-state index in [0.29, 0.717) is 28.3 Å². The monoisotopic (exact) mass is 352 g/mol. The molecule has 114 valence electrons. The SMILES string of the molecule is S=C(Nc1cccc(Cl)c1)N1CCOC1c1ccccc1Cl. The standard InChI is InChI=1S/C16H14Cl2N2OS/c17-11-4-3-5-12(10-11)19-16(22)20-8-9-21-15(20)13-6-1-2-7-14(13)18/h1-7,10,15H,8-9H2,(H,19,22). The molecule has 0 spiro atoms. The number of benzene rings is 2. The van der Waals surface area contributed by atoms with Gasteiger partial charge in [0.2, 0.25) is 0 Å². The summed E-state index contributed by atoms with van der Waals surface area (Å²) in [4.78, 5) is 1.98. The first-order valence-corrected chi connectivity index (χ1v) is 8.01. The maximum Gasteiger partial charge on any atom is 0.175 e. The molecule has 1 atom stereocenters. The van der Waals surface area contributed by atoms with Crippen LogP contribution in [0.4, 0.5) is 5.69 Å². The number of rotatable bonds is 2. The molecule has 3 nitrogen and oxygen atoms in total. The third-order valence-electron chi connectivity index (χ3n) is 3.40. The first-order chi connectivity index (χ1) is 10.6. The molecule has 2 aromatic carbocycles. The van der Waals surface area contributed by atoms with Crippen molar-refractivity contribution in [1.29, 1.82) is 0 Å². The normalized spacial score (nSPS) is 17.5. The van der Waals surface area contributed by atoms with Gasteiger partial charge < -0.3 is 15.0 Å². The summed E-state index contributed by atoms with van der Waals surface area (Å²) in [5.74, 6) is 0. The van der Waals surface area contributed by atoms with E-state index in [1.54, 1.807) is 0 Å². The molecule has 1 N–H and O–H groups in total. The smallest absolute Gasteiger partial charge is 0.175 e. The zero-order valence-electron chi connectivity index (χ0n) is 11.6. The fourth-order valence-electron chi connectivity index (χ4n) is 2.37. The summed E-state index contributed by atoms with van der Waals surface area (Å²) in [5.41, 5.74) is 1.76. The van der Waals surface area contributed by atoms with Gasteiger partial charge in [-0.1, -0.05) is 47.5 Å². The minimum absolute atomic E-state index is 0.270. The van der Waals surface area contributed by atoms with Crippen LogP contribution in [-0.4, -0.2) is 23.2 Å². The summed E-state index contributed by atoms with van der Waals surface area (Å²) in [6.07, 6.45) is -0.270. The van der Waals surface area contributed by atoms with Crippen LogP contribution < -0.4 is 5.32 Å². The van der Waals surface area contributed by atoms with E-state index in [0.717, 1.165) is 11.3 Å². The largest absolute Gasteiger partial charge is 0.352 e. The van der Waals surface area contributed by atoms with E-state index in [9.17, 15) is 0 Å². The van der Waals surface area contributed by atoms with Gasteiger partial charge in [-0.2, -0.15) is 0 Å². The van der Waals surface area contributed by atoms with E-state index in [1.807, 2.05) is 53.4 Å². The second kappa shape index (κ2) is 6.84. The lowest BCUT2D eigenvalue weighted by Gasteiger charge is -2.26. The van der Waals surface area contributed by atoms with Gasteiger partial charge in [0.15, 0.2) is 11.3 Å². The van der Waals surface area contributed by atoms with E-state index in [2.05, 4.69) is 5.32 Å². The highest BCUT2D eigenvalue weighted by Crippen LogP contribution is 2.32. The number of hydrogen-bond acceptors (Lipinski definition) is 2. The molecule has 1 fully saturated rings. The van der Waals surface area contributed by atoms with Crippen LogP contribution in [0.15, 0.2) is 48.5 Å². The predicted octanol–water partition coefficient (Wildman–Crippen LogP) is 4.72. The Labute approximate surface area is 144 Å². The Kier molecular flexibility index (Phi) is 4.84. The van der Waals surface area contributed by atoms with E-state index >= 15 is 0 Å². The van der Waals surface area contributed by atoms with Gasteiger partial charge in [0.25, 0.3) is 0 Å². The average molecular weight is 353 g/mol. The average Bonchev–Trinajstić information content (AvgIpc) is 2.97. The van der Waals surface area contributed by atoms with Crippen molar-refractivity contribution in [1.82, 2.24) is 4.90 Å². The van der Waals surface area contributed by atoms with Gasteiger partial charge >= 0.3 is 0 Å². The Morgan fingerprint density at radius 2 is 2.00 bits per heavy atom. The Bertz CT molecular complexity index is 695. The lowest BCUT2D eigenvalue weighted by Crippen LogP contribution is -2.34. The minimum Gasteiger partial charge on any atom is -0.352 e. The molecule has 0 radical (unpaired) electrons. The highest BCUT2D eigenvalue weighted by atomic mass is 35.5. The van der Waals surface area contributed by atoms with Gasteiger partial charge in [0.05, 0.1) is 6.61 Å². The molecule has 0 amide bonds. The molecule has 1 aliphatic heterocycles. The molecule has 0 saturated carbocycles. The molecule has 3 rings (SSSR count). The van der Waals surface area contributed by atoms with Crippen LogP contribution in [0.25, 0.3) is 0 Å². The second-order valence-electron chi connectivity index (χ2n) is 4.88. The molecule has 1 unspecified atom stereocenters. The van der Waals surface area contributed by atoms with Crippen LogP contribution >= 0.6 is 35.4 Å². The molecule has 6 heteroatoms. The van der Waals surface area contributed by atoms with Gasteiger partial charge in [-0.05, 0) is 36.5 Å². The second-order valence-corrected chi connectivity index (χ2v) is 6.11. The fourth-order valence-corrected chi connectivity index (χ4v) is 3.10. The van der Waals surface area contributed by atoms with Gasteiger partial charge in [-0.3, -0.25) is 0 Å². The van der Waals surface area contributed by atoms with Crippen molar-refractivity contribution in [3.8, 4) is 0 Å². The third-order valence-corrected chi connectivity index (χ3v) is 4.31. The summed E-state index contributed by atoms with van der Waals surface area (Å²) in [6.45, 7) is 1.32. The molecule has 1 aliphatic rings. The highest BCUT2D eigenvalue weighted by Gasteiger charge is 2.30. The van der Waals surface area contributed by atoms with E-state index in [1.165, 1.54) is 0 Å². The van der Waals surface area contributed by atoms with Crippen molar-refractivity contribution in [2.45, 2.75) is 6.23 Å². The summed E-state index contributed by atoms with van der Waals surface area (Å²) in [7, 11) is 0. The van der Waals surface area contributed by atoms with Crippen LogP contribution in [0.3, 0.4) is 0 Å². The third kappa shape index (κ3) is 3.36. The molecule has 22 heavy (non-hydrogen) atoms. The molecule has 2 aromatic rings. The van der Waals surface area contributed by atoms with Gasteiger partial charge in [0.1, 0.15) is 0 Å². The molecule has 1 heterocycles. The number of halogens is 2. The maximum absolute atomic E-state index is 6.27. The number of hydrogen-bond donors (Lipinski definition) is 1. The highest BCUT2D eigenvalue weighted by molar-refractivity contribution is 7.80. The Morgan fingerprint density at radius 3 is 2.77 bits per heavy atom. The Hall–Kier alpha value is -1.33. The van der Waals surface area contributed by atoms with Gasteiger partial charge in [-0.25, -0.2) is 0 Å². The number of ether oxygens (including phenoxy) is 1. The number of thiocarbonyl (C=S) groups is 1. The van der Waals surface area contributed by atoms with Gasteiger partial charge in [0, 0.05) is 27.8 Å². The summed E-state index contributed by atoms with van der Waals surface area (Å²) < 4.78 is 5.80. The topological polar surface area (TPSA) is 24.5 Å². The minimum atomic E-state index is -0.270. The fraction of sp³-hybridized carbons (Fsp3) is 0.188. The molecular formula is C16H14Cl2N2OS. The van der Waals surface area contributed by atoms with E-state index in [-0.39, 0.29) is 6.23 Å². The van der Waals surface area contributed by atoms with Crippen molar-refractivity contribution in [2.75, 3.05) is 18.5 Å². The lowest BCUT2D eigenvalue weighted by atomic mass is 10.2. The number of anilines is 1. The van der Waals surface area contributed by atoms with Crippen molar-refractivity contribution < 1.29 is 4.74 Å². The first kappa shape index (κ1) is 15.6. The van der Waals surface area contributed by atoms with Crippen molar-refractivity contribution in [2.24, 2.45) is 0 Å². The number of nitrogens with one attached hydrogen (secondary N) is 1. The Balaban J connectivity index is 1.78. The molecule has 0 aromatic heterocycles. The predicted molar refractivity (Wildman–Crippen MR) is 94.5 cm³/mol.